The molecule has 0 saturated carbocycles. The highest BCUT2D eigenvalue weighted by Crippen LogP contribution is 2.29. The standard InChI is InChI=1S/C14H12F2N2S/c1-18(13-5-3-2-4-11(13)16)12-7-6-9(15)8-10(12)14(17)19/h2-8H,1H3,(H2,17,19). The van der Waals surface area contributed by atoms with E-state index in [0.29, 0.717) is 16.9 Å². The monoisotopic (exact) mass is 278 g/mol. The lowest BCUT2D eigenvalue weighted by Crippen LogP contribution is -2.18. The van der Waals surface area contributed by atoms with E-state index in [1.807, 2.05) is 0 Å². The average molecular weight is 278 g/mol. The third-order valence-corrected chi connectivity index (χ3v) is 3.02. The molecule has 0 aromatic heterocycles. The number of benzene rings is 2. The quantitative estimate of drug-likeness (QED) is 0.873. The van der Waals surface area contributed by atoms with Crippen LogP contribution in [0.15, 0.2) is 42.5 Å². The van der Waals surface area contributed by atoms with Crippen LogP contribution >= 0.6 is 12.2 Å². The zero-order chi connectivity index (χ0) is 14.0. The lowest BCUT2D eigenvalue weighted by Gasteiger charge is -2.22. The molecule has 0 aliphatic heterocycles. The van der Waals surface area contributed by atoms with Crippen LogP contribution in [0.1, 0.15) is 5.56 Å². The molecule has 0 saturated heterocycles. The van der Waals surface area contributed by atoms with Crippen molar-refractivity contribution in [3.8, 4) is 0 Å². The maximum absolute atomic E-state index is 13.8. The van der Waals surface area contributed by atoms with Gasteiger partial charge in [-0.25, -0.2) is 8.78 Å². The number of rotatable bonds is 3. The van der Waals surface area contributed by atoms with Gasteiger partial charge in [0.05, 0.1) is 11.4 Å². The van der Waals surface area contributed by atoms with Crippen molar-refractivity contribution in [2.45, 2.75) is 0 Å². The van der Waals surface area contributed by atoms with E-state index in [-0.39, 0.29) is 10.8 Å². The summed E-state index contributed by atoms with van der Waals surface area (Å²) in [6.07, 6.45) is 0. The van der Waals surface area contributed by atoms with Crippen LogP contribution in [0.5, 0.6) is 0 Å². The van der Waals surface area contributed by atoms with E-state index in [4.69, 9.17) is 18.0 Å². The molecule has 0 atom stereocenters. The Morgan fingerprint density at radius 1 is 1.11 bits per heavy atom. The minimum Gasteiger partial charge on any atom is -0.389 e. The first-order valence-corrected chi connectivity index (χ1v) is 5.99. The third kappa shape index (κ3) is 2.71. The Hall–Kier alpha value is -2.01. The Kier molecular flexibility index (Phi) is 3.76. The van der Waals surface area contributed by atoms with Crippen LogP contribution in [-0.2, 0) is 0 Å². The Bertz CT molecular complexity index is 629. The molecule has 0 aliphatic carbocycles. The SMILES string of the molecule is CN(c1ccccc1F)c1ccc(F)cc1C(N)=S. The zero-order valence-corrected chi connectivity index (χ0v) is 11.0. The van der Waals surface area contributed by atoms with Gasteiger partial charge >= 0.3 is 0 Å². The number of para-hydroxylation sites is 1. The summed E-state index contributed by atoms with van der Waals surface area (Å²) in [5, 5.41) is 0. The fourth-order valence-electron chi connectivity index (χ4n) is 1.85. The molecule has 2 N–H and O–H groups in total. The Labute approximate surface area is 115 Å². The minimum atomic E-state index is -0.437. The number of halogens is 2. The second-order valence-corrected chi connectivity index (χ2v) is 4.48. The fraction of sp³-hybridized carbons (Fsp3) is 0.0714. The van der Waals surface area contributed by atoms with Crippen molar-refractivity contribution in [2.75, 3.05) is 11.9 Å². The van der Waals surface area contributed by atoms with Gasteiger partial charge in [-0.1, -0.05) is 24.4 Å². The van der Waals surface area contributed by atoms with Gasteiger partial charge in [-0.3, -0.25) is 0 Å². The van der Waals surface area contributed by atoms with Gasteiger partial charge in [0.25, 0.3) is 0 Å². The van der Waals surface area contributed by atoms with Gasteiger partial charge in [-0.2, -0.15) is 0 Å². The van der Waals surface area contributed by atoms with Crippen LogP contribution < -0.4 is 10.6 Å². The summed E-state index contributed by atoms with van der Waals surface area (Å²) >= 11 is 4.90. The molecule has 0 fully saturated rings. The number of nitrogens with two attached hydrogens (primary N) is 1. The van der Waals surface area contributed by atoms with E-state index in [0.717, 1.165) is 0 Å². The fourth-order valence-corrected chi connectivity index (χ4v) is 2.02. The van der Waals surface area contributed by atoms with Crippen LogP contribution in [-0.4, -0.2) is 12.0 Å². The molecule has 2 nitrogen and oxygen atoms in total. The van der Waals surface area contributed by atoms with Crippen LogP contribution in [0, 0.1) is 11.6 Å². The van der Waals surface area contributed by atoms with Crippen molar-refractivity contribution in [3.05, 3.63) is 59.7 Å². The average Bonchev–Trinajstić information content (AvgIpc) is 2.38. The largest absolute Gasteiger partial charge is 0.389 e. The lowest BCUT2D eigenvalue weighted by atomic mass is 10.1. The van der Waals surface area contributed by atoms with E-state index in [9.17, 15) is 8.78 Å². The predicted molar refractivity (Wildman–Crippen MR) is 76.8 cm³/mol. The molecular weight excluding hydrogens is 266 g/mol. The lowest BCUT2D eigenvalue weighted by molar-refractivity contribution is 0.625. The molecule has 0 spiro atoms. The topological polar surface area (TPSA) is 29.3 Å². The molecule has 0 radical (unpaired) electrons. The number of thiocarbonyl (C=S) groups is 1. The van der Waals surface area contributed by atoms with E-state index in [1.165, 1.54) is 24.3 Å². The molecule has 0 unspecified atom stereocenters. The van der Waals surface area contributed by atoms with Crippen molar-refractivity contribution < 1.29 is 8.78 Å². The van der Waals surface area contributed by atoms with E-state index < -0.39 is 5.82 Å². The molecule has 0 heterocycles. The molecular formula is C14H12F2N2S. The van der Waals surface area contributed by atoms with Crippen molar-refractivity contribution >= 4 is 28.6 Å². The van der Waals surface area contributed by atoms with E-state index in [1.54, 1.807) is 30.1 Å². The first kappa shape index (κ1) is 13.4. The number of nitrogens with zero attached hydrogens (tertiary/aromatic N) is 1. The highest BCUT2D eigenvalue weighted by molar-refractivity contribution is 7.80. The normalized spacial score (nSPS) is 10.3. The van der Waals surface area contributed by atoms with Crippen LogP contribution in [0.2, 0.25) is 0 Å². The molecule has 2 aromatic rings. The summed E-state index contributed by atoms with van der Waals surface area (Å²) in [5.41, 5.74) is 6.88. The maximum Gasteiger partial charge on any atom is 0.146 e. The molecule has 0 amide bonds. The van der Waals surface area contributed by atoms with Crippen molar-refractivity contribution in [3.63, 3.8) is 0 Å². The summed E-state index contributed by atoms with van der Waals surface area (Å²) in [6, 6.07) is 10.4. The number of hydrogen-bond acceptors (Lipinski definition) is 2. The highest BCUT2D eigenvalue weighted by Gasteiger charge is 2.14. The van der Waals surface area contributed by atoms with E-state index >= 15 is 0 Å². The first-order valence-electron chi connectivity index (χ1n) is 5.58. The van der Waals surface area contributed by atoms with Gasteiger partial charge in [0, 0.05) is 12.6 Å². The van der Waals surface area contributed by atoms with Gasteiger partial charge in [-0.05, 0) is 30.3 Å². The van der Waals surface area contributed by atoms with Crippen LogP contribution in [0.25, 0.3) is 0 Å². The minimum absolute atomic E-state index is 0.0673. The van der Waals surface area contributed by atoms with Crippen molar-refractivity contribution in [1.29, 1.82) is 0 Å². The molecule has 98 valence electrons. The molecule has 19 heavy (non-hydrogen) atoms. The second kappa shape index (κ2) is 5.32. The smallest absolute Gasteiger partial charge is 0.146 e. The number of hydrogen-bond donors (Lipinski definition) is 1. The highest BCUT2D eigenvalue weighted by atomic mass is 32.1. The van der Waals surface area contributed by atoms with Gasteiger partial charge in [0.2, 0.25) is 0 Å². The zero-order valence-electron chi connectivity index (χ0n) is 10.2. The second-order valence-electron chi connectivity index (χ2n) is 4.04. The molecule has 0 bridgehead atoms. The van der Waals surface area contributed by atoms with Crippen molar-refractivity contribution in [1.82, 2.24) is 0 Å². The van der Waals surface area contributed by atoms with E-state index in [2.05, 4.69) is 0 Å². The van der Waals surface area contributed by atoms with Gasteiger partial charge in [-0.15, -0.1) is 0 Å². The van der Waals surface area contributed by atoms with Gasteiger partial charge in [0.15, 0.2) is 0 Å². The summed E-state index contributed by atoms with van der Waals surface area (Å²) < 4.78 is 27.0. The third-order valence-electron chi connectivity index (χ3n) is 2.80. The Morgan fingerprint density at radius 2 is 1.79 bits per heavy atom. The van der Waals surface area contributed by atoms with Crippen LogP contribution in [0.3, 0.4) is 0 Å². The maximum atomic E-state index is 13.8. The summed E-state index contributed by atoms with van der Waals surface area (Å²) in [4.78, 5) is 1.65. The molecule has 2 rings (SSSR count). The predicted octanol–water partition coefficient (Wildman–Crippen LogP) is 3.37. The molecule has 0 aliphatic rings. The Morgan fingerprint density at radius 3 is 2.42 bits per heavy atom. The van der Waals surface area contributed by atoms with Gasteiger partial charge < -0.3 is 10.6 Å². The summed E-state index contributed by atoms with van der Waals surface area (Å²) in [6.45, 7) is 0. The Balaban J connectivity index is 2.53. The van der Waals surface area contributed by atoms with Gasteiger partial charge in [0.1, 0.15) is 16.6 Å². The summed E-state index contributed by atoms with van der Waals surface area (Å²) in [5.74, 6) is -0.809. The first-order chi connectivity index (χ1) is 9.00. The van der Waals surface area contributed by atoms with Crippen molar-refractivity contribution in [2.24, 2.45) is 5.73 Å². The number of anilines is 2. The summed E-state index contributed by atoms with van der Waals surface area (Å²) in [7, 11) is 1.67. The molecule has 5 heteroatoms. The molecule has 2 aromatic carbocycles. The van der Waals surface area contributed by atoms with Crippen LogP contribution in [0.4, 0.5) is 20.2 Å².